The fourth-order valence-corrected chi connectivity index (χ4v) is 3.06. The van der Waals surface area contributed by atoms with Gasteiger partial charge in [0.2, 0.25) is 5.91 Å². The van der Waals surface area contributed by atoms with Gasteiger partial charge >= 0.3 is 5.69 Å². The van der Waals surface area contributed by atoms with Gasteiger partial charge in [-0.2, -0.15) is 0 Å². The Hall–Kier alpha value is -2.09. The van der Waals surface area contributed by atoms with Crippen molar-refractivity contribution in [1.29, 1.82) is 0 Å². The molecule has 1 atom stereocenters. The molecule has 0 saturated heterocycles. The Morgan fingerprint density at radius 3 is 2.79 bits per heavy atom. The molecule has 0 radical (unpaired) electrons. The number of nitrogens with one attached hydrogen (secondary N) is 2. The molecule has 2 N–H and O–H groups in total. The molecule has 0 saturated carbocycles. The van der Waals surface area contributed by atoms with E-state index in [1.54, 1.807) is 19.1 Å². The fourth-order valence-electron chi connectivity index (χ4n) is 2.15. The minimum Gasteiger partial charge on any atom is -0.355 e. The molecule has 1 heterocycles. The number of hydrogen-bond donors (Lipinski definition) is 2. The van der Waals surface area contributed by atoms with E-state index in [2.05, 4.69) is 15.5 Å². The molecule has 0 unspecified atom stereocenters. The van der Waals surface area contributed by atoms with E-state index in [1.165, 1.54) is 28.5 Å². The number of aromatic nitrogens is 3. The van der Waals surface area contributed by atoms with Crippen molar-refractivity contribution in [3.63, 3.8) is 0 Å². The van der Waals surface area contributed by atoms with Crippen molar-refractivity contribution in [2.24, 2.45) is 0 Å². The van der Waals surface area contributed by atoms with Crippen LogP contribution in [0.15, 0.2) is 34.2 Å². The fraction of sp³-hybridized carbons (Fsp3) is 0.438. The van der Waals surface area contributed by atoms with Gasteiger partial charge in [-0.25, -0.2) is 14.3 Å². The minimum absolute atomic E-state index is 0.124. The van der Waals surface area contributed by atoms with Gasteiger partial charge in [-0.1, -0.05) is 30.8 Å². The molecular formula is C16H21FN4O2S. The summed E-state index contributed by atoms with van der Waals surface area (Å²) < 4.78 is 14.4. The Bertz CT molecular complexity index is 726. The van der Waals surface area contributed by atoms with E-state index < -0.39 is 0 Å². The number of aromatic amines is 1. The molecule has 130 valence electrons. The van der Waals surface area contributed by atoms with E-state index in [9.17, 15) is 14.0 Å². The van der Waals surface area contributed by atoms with Gasteiger partial charge in [-0.15, -0.1) is 5.10 Å². The summed E-state index contributed by atoms with van der Waals surface area (Å²) in [6, 6.07) is 6.21. The van der Waals surface area contributed by atoms with Gasteiger partial charge in [0.15, 0.2) is 5.16 Å². The molecule has 24 heavy (non-hydrogen) atoms. The summed E-state index contributed by atoms with van der Waals surface area (Å²) >= 11 is 1.25. The molecule has 2 aromatic rings. The van der Waals surface area contributed by atoms with E-state index >= 15 is 0 Å². The number of rotatable bonds is 8. The second kappa shape index (κ2) is 8.68. The SMILES string of the molecule is CCCn1c(S[C@@H](C)C(=O)NCCc2ccc(F)cc2)n[nH]c1=O. The highest BCUT2D eigenvalue weighted by Gasteiger charge is 2.18. The van der Waals surface area contributed by atoms with Crippen LogP contribution in [-0.4, -0.2) is 32.5 Å². The first-order valence-corrected chi connectivity index (χ1v) is 8.73. The smallest absolute Gasteiger partial charge is 0.343 e. The normalized spacial score (nSPS) is 12.1. The standard InChI is InChI=1S/C16H21FN4O2S/c1-3-10-21-15(23)19-20-16(21)24-11(2)14(22)18-9-8-12-4-6-13(17)7-5-12/h4-7,11H,3,8-10H2,1-2H3,(H,18,22)(H,19,23)/t11-/m0/s1. The zero-order valence-corrected chi connectivity index (χ0v) is 14.5. The molecule has 1 aromatic carbocycles. The third kappa shape index (κ3) is 4.95. The Balaban J connectivity index is 1.84. The van der Waals surface area contributed by atoms with Crippen LogP contribution in [0.2, 0.25) is 0 Å². The van der Waals surface area contributed by atoms with Gasteiger partial charge < -0.3 is 5.32 Å². The summed E-state index contributed by atoms with van der Waals surface area (Å²) in [6.07, 6.45) is 1.44. The van der Waals surface area contributed by atoms with E-state index in [0.29, 0.717) is 24.7 Å². The number of carbonyl (C=O) groups is 1. The van der Waals surface area contributed by atoms with Crippen molar-refractivity contribution in [2.45, 2.75) is 43.6 Å². The number of halogens is 1. The maximum absolute atomic E-state index is 12.8. The lowest BCUT2D eigenvalue weighted by molar-refractivity contribution is -0.120. The van der Waals surface area contributed by atoms with Crippen molar-refractivity contribution in [1.82, 2.24) is 20.1 Å². The van der Waals surface area contributed by atoms with Crippen LogP contribution in [0.5, 0.6) is 0 Å². The molecule has 8 heteroatoms. The third-order valence-corrected chi connectivity index (χ3v) is 4.54. The van der Waals surface area contributed by atoms with Crippen molar-refractivity contribution < 1.29 is 9.18 Å². The number of H-pyrrole nitrogens is 1. The van der Waals surface area contributed by atoms with Crippen LogP contribution >= 0.6 is 11.8 Å². The zero-order valence-electron chi connectivity index (χ0n) is 13.7. The summed E-state index contributed by atoms with van der Waals surface area (Å²) in [5.41, 5.74) is 0.698. The van der Waals surface area contributed by atoms with E-state index in [-0.39, 0.29) is 22.7 Å². The van der Waals surface area contributed by atoms with Gasteiger partial charge in [-0.3, -0.25) is 9.36 Å². The average Bonchev–Trinajstić information content (AvgIpc) is 2.90. The van der Waals surface area contributed by atoms with Gasteiger partial charge in [0.1, 0.15) is 5.82 Å². The number of thioether (sulfide) groups is 1. The van der Waals surface area contributed by atoms with Crippen LogP contribution in [0.4, 0.5) is 4.39 Å². The number of nitrogens with zero attached hydrogens (tertiary/aromatic N) is 2. The van der Waals surface area contributed by atoms with Crippen molar-refractivity contribution in [3.05, 3.63) is 46.1 Å². The Morgan fingerprint density at radius 1 is 1.42 bits per heavy atom. The zero-order chi connectivity index (χ0) is 17.5. The van der Waals surface area contributed by atoms with Crippen LogP contribution in [0, 0.1) is 5.82 Å². The molecule has 0 aliphatic heterocycles. The molecule has 6 nitrogen and oxygen atoms in total. The van der Waals surface area contributed by atoms with Crippen LogP contribution in [-0.2, 0) is 17.8 Å². The van der Waals surface area contributed by atoms with E-state index in [4.69, 9.17) is 0 Å². The van der Waals surface area contributed by atoms with Crippen molar-refractivity contribution >= 4 is 17.7 Å². The lowest BCUT2D eigenvalue weighted by atomic mass is 10.1. The Morgan fingerprint density at radius 2 is 2.12 bits per heavy atom. The summed E-state index contributed by atoms with van der Waals surface area (Å²) in [6.45, 7) is 4.78. The Kier molecular flexibility index (Phi) is 6.60. The monoisotopic (exact) mass is 352 g/mol. The highest BCUT2D eigenvalue weighted by Crippen LogP contribution is 2.20. The molecule has 1 aromatic heterocycles. The first-order valence-electron chi connectivity index (χ1n) is 7.85. The highest BCUT2D eigenvalue weighted by molar-refractivity contribution is 8.00. The van der Waals surface area contributed by atoms with Gasteiger partial charge in [-0.05, 0) is 37.5 Å². The largest absolute Gasteiger partial charge is 0.355 e. The van der Waals surface area contributed by atoms with Gasteiger partial charge in [0, 0.05) is 13.1 Å². The lowest BCUT2D eigenvalue weighted by Gasteiger charge is -2.12. The van der Waals surface area contributed by atoms with Crippen LogP contribution < -0.4 is 11.0 Å². The van der Waals surface area contributed by atoms with Crippen LogP contribution in [0.25, 0.3) is 0 Å². The first kappa shape index (κ1) is 18.3. The molecule has 1 amide bonds. The highest BCUT2D eigenvalue weighted by atomic mass is 32.2. The summed E-state index contributed by atoms with van der Waals surface area (Å²) in [5.74, 6) is -0.398. The van der Waals surface area contributed by atoms with Gasteiger partial charge in [0.25, 0.3) is 0 Å². The van der Waals surface area contributed by atoms with Crippen molar-refractivity contribution in [2.75, 3.05) is 6.54 Å². The van der Waals surface area contributed by atoms with Crippen LogP contribution in [0.3, 0.4) is 0 Å². The number of carbonyl (C=O) groups excluding carboxylic acids is 1. The average molecular weight is 352 g/mol. The lowest BCUT2D eigenvalue weighted by Crippen LogP contribution is -2.32. The molecule has 0 bridgehead atoms. The maximum Gasteiger partial charge on any atom is 0.343 e. The molecule has 2 rings (SSSR count). The predicted octanol–water partition coefficient (Wildman–Crippen LogP) is 1.96. The second-order valence-corrected chi connectivity index (χ2v) is 6.70. The quantitative estimate of drug-likeness (QED) is 0.712. The first-order chi connectivity index (χ1) is 11.5. The molecule has 0 spiro atoms. The van der Waals surface area contributed by atoms with E-state index in [0.717, 1.165) is 12.0 Å². The predicted molar refractivity (Wildman–Crippen MR) is 91.6 cm³/mol. The Labute approximate surface area is 143 Å². The number of hydrogen-bond acceptors (Lipinski definition) is 4. The summed E-state index contributed by atoms with van der Waals surface area (Å²) in [7, 11) is 0. The number of benzene rings is 1. The summed E-state index contributed by atoms with van der Waals surface area (Å²) in [5, 5.41) is 9.37. The molecule has 0 fully saturated rings. The van der Waals surface area contributed by atoms with Crippen molar-refractivity contribution in [3.8, 4) is 0 Å². The van der Waals surface area contributed by atoms with Gasteiger partial charge in [0.05, 0.1) is 5.25 Å². The molecule has 0 aliphatic rings. The second-order valence-electron chi connectivity index (χ2n) is 5.39. The molecular weight excluding hydrogens is 331 g/mol. The minimum atomic E-state index is -0.371. The topological polar surface area (TPSA) is 79.8 Å². The third-order valence-electron chi connectivity index (χ3n) is 3.45. The van der Waals surface area contributed by atoms with E-state index in [1.807, 2.05) is 6.92 Å². The van der Waals surface area contributed by atoms with Crippen LogP contribution in [0.1, 0.15) is 25.8 Å². The summed E-state index contributed by atoms with van der Waals surface area (Å²) in [4.78, 5) is 23.8. The molecule has 0 aliphatic carbocycles. The number of amides is 1. The maximum atomic E-state index is 12.8.